The average Bonchev–Trinajstić information content (AvgIpc) is 2.74. The summed E-state index contributed by atoms with van der Waals surface area (Å²) in [7, 11) is 0. The van der Waals surface area contributed by atoms with Gasteiger partial charge in [0.1, 0.15) is 0 Å². The molecule has 2 fully saturated rings. The number of amides is 2. The molecular formula is C19H27N3O2. The van der Waals surface area contributed by atoms with Gasteiger partial charge in [-0.25, -0.2) is 0 Å². The topological polar surface area (TPSA) is 52.7 Å². The lowest BCUT2D eigenvalue weighted by atomic mass is 10.2. The van der Waals surface area contributed by atoms with E-state index in [0.29, 0.717) is 19.5 Å². The van der Waals surface area contributed by atoms with Crippen molar-refractivity contribution in [1.29, 1.82) is 0 Å². The van der Waals surface area contributed by atoms with Crippen LogP contribution in [0.25, 0.3) is 0 Å². The van der Waals surface area contributed by atoms with Crippen LogP contribution in [0.15, 0.2) is 24.3 Å². The molecule has 1 N–H and O–H groups in total. The summed E-state index contributed by atoms with van der Waals surface area (Å²) in [6.45, 7) is 5.06. The quantitative estimate of drug-likeness (QED) is 0.920. The minimum Gasteiger partial charge on any atom is -0.350 e. The van der Waals surface area contributed by atoms with Gasteiger partial charge in [0.05, 0.1) is 12.6 Å². The number of anilines is 1. The summed E-state index contributed by atoms with van der Waals surface area (Å²) in [4.78, 5) is 28.5. The van der Waals surface area contributed by atoms with Crippen molar-refractivity contribution in [1.82, 2.24) is 10.2 Å². The summed E-state index contributed by atoms with van der Waals surface area (Å²) >= 11 is 0. The molecule has 2 heterocycles. The number of nitrogens with zero attached hydrogens (tertiary/aromatic N) is 2. The van der Waals surface area contributed by atoms with Gasteiger partial charge in [-0.05, 0) is 45.0 Å². The van der Waals surface area contributed by atoms with Gasteiger partial charge in [-0.2, -0.15) is 0 Å². The Balaban J connectivity index is 1.52. The van der Waals surface area contributed by atoms with E-state index in [-0.39, 0.29) is 17.9 Å². The fourth-order valence-electron chi connectivity index (χ4n) is 3.55. The third-order valence-electron chi connectivity index (χ3n) is 4.90. The maximum Gasteiger partial charge on any atom is 0.234 e. The van der Waals surface area contributed by atoms with Gasteiger partial charge in [-0.3, -0.25) is 14.5 Å². The first-order chi connectivity index (χ1) is 11.6. The Labute approximate surface area is 144 Å². The van der Waals surface area contributed by atoms with Crippen LogP contribution in [0.4, 0.5) is 5.69 Å². The maximum atomic E-state index is 12.3. The largest absolute Gasteiger partial charge is 0.350 e. The summed E-state index contributed by atoms with van der Waals surface area (Å²) in [6.07, 6.45) is 5.27. The van der Waals surface area contributed by atoms with Crippen LogP contribution in [-0.2, 0) is 9.59 Å². The minimum absolute atomic E-state index is 0.0421. The number of hydrogen-bond acceptors (Lipinski definition) is 3. The van der Waals surface area contributed by atoms with Crippen LogP contribution < -0.4 is 10.2 Å². The van der Waals surface area contributed by atoms with E-state index in [1.54, 1.807) is 4.90 Å². The highest BCUT2D eigenvalue weighted by Crippen LogP contribution is 2.22. The first kappa shape index (κ1) is 17.0. The van der Waals surface area contributed by atoms with Gasteiger partial charge < -0.3 is 10.2 Å². The number of likely N-dealkylation sites (tertiary alicyclic amines) is 1. The Hall–Kier alpha value is -1.88. The van der Waals surface area contributed by atoms with Crippen LogP contribution in [-0.4, -0.2) is 48.9 Å². The first-order valence-corrected chi connectivity index (χ1v) is 9.00. The zero-order chi connectivity index (χ0) is 16.9. The van der Waals surface area contributed by atoms with E-state index in [1.165, 1.54) is 31.2 Å². The van der Waals surface area contributed by atoms with Crippen LogP contribution in [0.3, 0.4) is 0 Å². The van der Waals surface area contributed by atoms with E-state index < -0.39 is 0 Å². The standard InChI is InChI=1S/C19H27N3O2/c1-15-6-8-17(9-7-15)22-13-16(12-19(22)24)20-18(23)14-21-10-4-2-3-5-11-21/h6-9,16H,2-5,10-14H2,1H3,(H,20,23). The summed E-state index contributed by atoms with van der Waals surface area (Å²) in [5.41, 5.74) is 2.09. The molecule has 130 valence electrons. The number of rotatable bonds is 4. The van der Waals surface area contributed by atoms with Crippen molar-refractivity contribution >= 4 is 17.5 Å². The van der Waals surface area contributed by atoms with Gasteiger partial charge in [0.2, 0.25) is 11.8 Å². The monoisotopic (exact) mass is 329 g/mol. The maximum absolute atomic E-state index is 12.3. The predicted molar refractivity (Wildman–Crippen MR) is 95.0 cm³/mol. The molecule has 0 saturated carbocycles. The molecular weight excluding hydrogens is 302 g/mol. The fourth-order valence-corrected chi connectivity index (χ4v) is 3.55. The Kier molecular flexibility index (Phi) is 5.51. The summed E-state index contributed by atoms with van der Waals surface area (Å²) in [5.74, 6) is 0.124. The van der Waals surface area contributed by atoms with Crippen LogP contribution >= 0.6 is 0 Å². The Morgan fingerprint density at radius 3 is 2.46 bits per heavy atom. The average molecular weight is 329 g/mol. The molecule has 3 rings (SSSR count). The molecule has 1 aromatic carbocycles. The van der Waals surface area contributed by atoms with Crippen molar-refractivity contribution in [3.63, 3.8) is 0 Å². The van der Waals surface area contributed by atoms with Crippen LogP contribution in [0, 0.1) is 6.92 Å². The highest BCUT2D eigenvalue weighted by atomic mass is 16.2. The molecule has 2 aliphatic heterocycles. The van der Waals surface area contributed by atoms with Crippen LogP contribution in [0.5, 0.6) is 0 Å². The molecule has 0 spiro atoms. The molecule has 0 aliphatic carbocycles. The number of aryl methyl sites for hydroxylation is 1. The molecule has 0 radical (unpaired) electrons. The smallest absolute Gasteiger partial charge is 0.234 e. The second-order valence-corrected chi connectivity index (χ2v) is 7.00. The number of carbonyl (C=O) groups excluding carboxylic acids is 2. The van der Waals surface area contributed by atoms with E-state index in [0.717, 1.165) is 18.8 Å². The Morgan fingerprint density at radius 2 is 1.79 bits per heavy atom. The second-order valence-electron chi connectivity index (χ2n) is 7.00. The van der Waals surface area contributed by atoms with Gasteiger partial charge in [0.25, 0.3) is 0 Å². The SMILES string of the molecule is Cc1ccc(N2CC(NC(=O)CN3CCCCCC3)CC2=O)cc1. The third-order valence-corrected chi connectivity index (χ3v) is 4.90. The van der Waals surface area contributed by atoms with E-state index in [1.807, 2.05) is 31.2 Å². The van der Waals surface area contributed by atoms with Crippen LogP contribution in [0.2, 0.25) is 0 Å². The van der Waals surface area contributed by atoms with Gasteiger partial charge in [0.15, 0.2) is 0 Å². The lowest BCUT2D eigenvalue weighted by Crippen LogP contribution is -2.43. The number of carbonyl (C=O) groups is 2. The van der Waals surface area contributed by atoms with E-state index in [4.69, 9.17) is 0 Å². The molecule has 0 bridgehead atoms. The van der Waals surface area contributed by atoms with Gasteiger partial charge in [-0.1, -0.05) is 30.5 Å². The van der Waals surface area contributed by atoms with E-state index in [2.05, 4.69) is 10.2 Å². The summed E-state index contributed by atoms with van der Waals surface area (Å²) in [6, 6.07) is 7.86. The highest BCUT2D eigenvalue weighted by molar-refractivity contribution is 5.96. The number of nitrogens with one attached hydrogen (secondary N) is 1. The second kappa shape index (κ2) is 7.79. The predicted octanol–water partition coefficient (Wildman–Crippen LogP) is 2.09. The number of hydrogen-bond donors (Lipinski definition) is 1. The van der Waals surface area contributed by atoms with Crippen molar-refractivity contribution in [2.24, 2.45) is 0 Å². The molecule has 2 saturated heterocycles. The summed E-state index contributed by atoms with van der Waals surface area (Å²) in [5, 5.41) is 3.05. The molecule has 2 aliphatic rings. The molecule has 0 aromatic heterocycles. The molecule has 1 atom stereocenters. The molecule has 1 aromatic rings. The van der Waals surface area contributed by atoms with E-state index >= 15 is 0 Å². The van der Waals surface area contributed by atoms with Crippen molar-refractivity contribution in [3.8, 4) is 0 Å². The lowest BCUT2D eigenvalue weighted by molar-refractivity contribution is -0.122. The van der Waals surface area contributed by atoms with Gasteiger partial charge in [0, 0.05) is 18.7 Å². The van der Waals surface area contributed by atoms with Crippen molar-refractivity contribution in [2.75, 3.05) is 31.1 Å². The molecule has 2 amide bonds. The van der Waals surface area contributed by atoms with Crippen molar-refractivity contribution in [3.05, 3.63) is 29.8 Å². The molecule has 5 nitrogen and oxygen atoms in total. The third kappa shape index (κ3) is 4.35. The normalized spacial score (nSPS) is 22.5. The Morgan fingerprint density at radius 1 is 1.12 bits per heavy atom. The molecule has 24 heavy (non-hydrogen) atoms. The van der Waals surface area contributed by atoms with Crippen molar-refractivity contribution < 1.29 is 9.59 Å². The van der Waals surface area contributed by atoms with Gasteiger partial charge >= 0.3 is 0 Å². The van der Waals surface area contributed by atoms with Crippen molar-refractivity contribution in [2.45, 2.75) is 45.1 Å². The Bertz CT molecular complexity index is 577. The molecule has 5 heteroatoms. The summed E-state index contributed by atoms with van der Waals surface area (Å²) < 4.78 is 0. The lowest BCUT2D eigenvalue weighted by Gasteiger charge is -2.21. The van der Waals surface area contributed by atoms with E-state index in [9.17, 15) is 9.59 Å². The zero-order valence-corrected chi connectivity index (χ0v) is 14.5. The first-order valence-electron chi connectivity index (χ1n) is 9.00. The fraction of sp³-hybridized carbons (Fsp3) is 0.579. The van der Waals surface area contributed by atoms with Crippen LogP contribution in [0.1, 0.15) is 37.7 Å². The molecule has 1 unspecified atom stereocenters. The number of benzene rings is 1. The van der Waals surface area contributed by atoms with Gasteiger partial charge in [-0.15, -0.1) is 0 Å². The minimum atomic E-state index is -0.0849. The zero-order valence-electron chi connectivity index (χ0n) is 14.5. The highest BCUT2D eigenvalue weighted by Gasteiger charge is 2.31.